The topological polar surface area (TPSA) is 48.7 Å². The molecule has 0 atom stereocenters. The van der Waals surface area contributed by atoms with E-state index >= 15 is 0 Å². The number of pyridine rings is 1. The zero-order valence-electron chi connectivity index (χ0n) is 8.68. The van der Waals surface area contributed by atoms with Crippen LogP contribution in [0.25, 0.3) is 5.65 Å². The molecule has 0 bridgehead atoms. The lowest BCUT2D eigenvalue weighted by Crippen LogP contribution is -2.27. The van der Waals surface area contributed by atoms with Crippen LogP contribution in [-0.4, -0.2) is 34.9 Å². The largest absolute Gasteiger partial charge is 0.492 e. The molecule has 0 N–H and O–H groups in total. The van der Waals surface area contributed by atoms with Crippen molar-refractivity contribution in [3.05, 3.63) is 21.7 Å². The van der Waals surface area contributed by atoms with Crippen molar-refractivity contribution < 1.29 is 9.47 Å². The second kappa shape index (κ2) is 3.85. The van der Waals surface area contributed by atoms with Crippen LogP contribution in [0.1, 0.15) is 11.7 Å². The molecule has 0 saturated carbocycles. The first-order chi connectivity index (χ1) is 7.81. The molecule has 1 aliphatic heterocycles. The number of ether oxygens (including phenoxy) is 2. The molecule has 5 nitrogen and oxygen atoms in total. The van der Waals surface area contributed by atoms with Crippen molar-refractivity contribution in [2.24, 2.45) is 0 Å². The Morgan fingerprint density at radius 3 is 2.94 bits per heavy atom. The first-order valence-corrected chi connectivity index (χ1v) is 6.04. The number of aromatic nitrogens is 3. The lowest BCUT2D eigenvalue weighted by Gasteiger charge is -2.24. The highest BCUT2D eigenvalue weighted by Crippen LogP contribution is 2.29. The molecule has 0 aromatic carbocycles. The van der Waals surface area contributed by atoms with Crippen molar-refractivity contribution in [1.29, 1.82) is 0 Å². The average Bonchev–Trinajstić information content (AvgIpc) is 2.60. The maximum absolute atomic E-state index is 5.34. The predicted octanol–water partition coefficient (Wildman–Crippen LogP) is 1.46. The first-order valence-electron chi connectivity index (χ1n) is 4.96. The Morgan fingerprint density at radius 1 is 1.50 bits per heavy atom. The van der Waals surface area contributed by atoms with Crippen LogP contribution in [0.5, 0.6) is 5.75 Å². The average molecular weight is 331 g/mol. The Hall–Kier alpha value is -0.890. The minimum Gasteiger partial charge on any atom is -0.492 e. The molecule has 1 aliphatic rings. The Kier molecular flexibility index (Phi) is 2.47. The van der Waals surface area contributed by atoms with Gasteiger partial charge in [0.15, 0.2) is 5.75 Å². The number of fused-ring (bicyclic) bond motifs is 1. The number of halogens is 1. The summed E-state index contributed by atoms with van der Waals surface area (Å²) in [6.07, 6.45) is 1.98. The molecule has 0 radical (unpaired) electrons. The highest BCUT2D eigenvalue weighted by atomic mass is 127. The highest BCUT2D eigenvalue weighted by Gasteiger charge is 2.26. The zero-order valence-corrected chi connectivity index (χ0v) is 10.8. The van der Waals surface area contributed by atoms with Crippen LogP contribution in [0.4, 0.5) is 0 Å². The molecular formula is C10H10IN3O2. The van der Waals surface area contributed by atoms with Gasteiger partial charge in [0.2, 0.25) is 5.65 Å². The van der Waals surface area contributed by atoms with Gasteiger partial charge in [-0.2, -0.15) is 0 Å². The summed E-state index contributed by atoms with van der Waals surface area (Å²) >= 11 is 2.23. The van der Waals surface area contributed by atoms with Crippen molar-refractivity contribution >= 4 is 28.2 Å². The molecule has 0 spiro atoms. The molecule has 1 saturated heterocycles. The summed E-state index contributed by atoms with van der Waals surface area (Å²) in [5, 5.41) is 8.40. The summed E-state index contributed by atoms with van der Waals surface area (Å²) in [4.78, 5) is 0. The molecule has 16 heavy (non-hydrogen) atoms. The molecule has 1 fully saturated rings. The standard InChI is InChI=1S/C10H10IN3O2/c1-15-8-7(11)2-3-14-9(6-4-16-5-6)12-13-10(8)14/h2-3,6H,4-5H2,1H3. The lowest BCUT2D eigenvalue weighted by atomic mass is 10.1. The van der Waals surface area contributed by atoms with E-state index in [0.29, 0.717) is 5.92 Å². The van der Waals surface area contributed by atoms with Gasteiger partial charge in [0, 0.05) is 6.20 Å². The molecule has 0 amide bonds. The van der Waals surface area contributed by atoms with Gasteiger partial charge < -0.3 is 9.47 Å². The van der Waals surface area contributed by atoms with Gasteiger partial charge in [-0.05, 0) is 28.7 Å². The summed E-state index contributed by atoms with van der Waals surface area (Å²) in [5.74, 6) is 2.10. The molecular weight excluding hydrogens is 321 g/mol. The summed E-state index contributed by atoms with van der Waals surface area (Å²) in [6.45, 7) is 1.46. The summed E-state index contributed by atoms with van der Waals surface area (Å²) in [7, 11) is 1.65. The number of nitrogens with zero attached hydrogens (tertiary/aromatic N) is 3. The van der Waals surface area contributed by atoms with Gasteiger partial charge in [-0.25, -0.2) is 0 Å². The molecule has 2 aromatic heterocycles. The van der Waals surface area contributed by atoms with Crippen molar-refractivity contribution in [1.82, 2.24) is 14.6 Å². The predicted molar refractivity (Wildman–Crippen MR) is 65.8 cm³/mol. The van der Waals surface area contributed by atoms with Crippen molar-refractivity contribution in [3.8, 4) is 5.75 Å². The van der Waals surface area contributed by atoms with Crippen LogP contribution in [0.15, 0.2) is 12.3 Å². The molecule has 0 aliphatic carbocycles. The van der Waals surface area contributed by atoms with Gasteiger partial charge in [0.1, 0.15) is 5.82 Å². The molecule has 6 heteroatoms. The number of methoxy groups -OCH3 is 1. The minimum absolute atomic E-state index is 0.361. The molecule has 0 unspecified atom stereocenters. The summed E-state index contributed by atoms with van der Waals surface area (Å²) in [6, 6.07) is 2.00. The number of rotatable bonds is 2. The van der Waals surface area contributed by atoms with Crippen molar-refractivity contribution in [3.63, 3.8) is 0 Å². The van der Waals surface area contributed by atoms with Gasteiger partial charge in [-0.15, -0.1) is 10.2 Å². The van der Waals surface area contributed by atoms with E-state index in [9.17, 15) is 0 Å². The quantitative estimate of drug-likeness (QED) is 0.782. The molecule has 3 rings (SSSR count). The van der Waals surface area contributed by atoms with Crippen LogP contribution < -0.4 is 4.74 Å². The zero-order chi connectivity index (χ0) is 11.1. The Labute approximate surface area is 106 Å². The third kappa shape index (κ3) is 1.40. The fraction of sp³-hybridized carbons (Fsp3) is 0.400. The van der Waals surface area contributed by atoms with E-state index in [1.807, 2.05) is 16.7 Å². The van der Waals surface area contributed by atoms with E-state index in [2.05, 4.69) is 32.8 Å². The van der Waals surface area contributed by atoms with E-state index in [1.54, 1.807) is 7.11 Å². The third-order valence-electron chi connectivity index (χ3n) is 2.72. The maximum Gasteiger partial charge on any atom is 0.204 e. The van der Waals surface area contributed by atoms with E-state index in [1.165, 1.54) is 0 Å². The number of hydrogen-bond donors (Lipinski definition) is 0. The van der Waals surface area contributed by atoms with Crippen LogP contribution in [0, 0.1) is 3.57 Å². The maximum atomic E-state index is 5.34. The van der Waals surface area contributed by atoms with Crippen molar-refractivity contribution in [2.45, 2.75) is 5.92 Å². The fourth-order valence-electron chi connectivity index (χ4n) is 1.78. The van der Waals surface area contributed by atoms with E-state index < -0.39 is 0 Å². The smallest absolute Gasteiger partial charge is 0.204 e. The summed E-state index contributed by atoms with van der Waals surface area (Å²) < 4.78 is 13.5. The van der Waals surface area contributed by atoms with Crippen LogP contribution in [0.2, 0.25) is 0 Å². The molecule has 84 valence electrons. The van der Waals surface area contributed by atoms with Gasteiger partial charge in [0.25, 0.3) is 0 Å². The second-order valence-corrected chi connectivity index (χ2v) is 4.85. The van der Waals surface area contributed by atoms with E-state index in [0.717, 1.165) is 34.0 Å². The normalized spacial score (nSPS) is 16.4. The third-order valence-corrected chi connectivity index (χ3v) is 3.57. The van der Waals surface area contributed by atoms with Crippen LogP contribution in [-0.2, 0) is 4.74 Å². The number of hydrogen-bond acceptors (Lipinski definition) is 4. The lowest BCUT2D eigenvalue weighted by molar-refractivity contribution is 0.00445. The van der Waals surface area contributed by atoms with E-state index in [4.69, 9.17) is 9.47 Å². The Balaban J connectivity index is 2.19. The van der Waals surface area contributed by atoms with Gasteiger partial charge in [-0.1, -0.05) is 0 Å². The van der Waals surface area contributed by atoms with Crippen LogP contribution >= 0.6 is 22.6 Å². The van der Waals surface area contributed by atoms with Crippen molar-refractivity contribution in [2.75, 3.05) is 20.3 Å². The van der Waals surface area contributed by atoms with Gasteiger partial charge in [-0.3, -0.25) is 4.40 Å². The monoisotopic (exact) mass is 331 g/mol. The van der Waals surface area contributed by atoms with Gasteiger partial charge >= 0.3 is 0 Å². The van der Waals surface area contributed by atoms with E-state index in [-0.39, 0.29) is 0 Å². The van der Waals surface area contributed by atoms with Crippen LogP contribution in [0.3, 0.4) is 0 Å². The summed E-state index contributed by atoms with van der Waals surface area (Å²) in [5.41, 5.74) is 0.774. The Bertz CT molecular complexity index is 536. The second-order valence-electron chi connectivity index (χ2n) is 3.68. The molecule has 2 aromatic rings. The highest BCUT2D eigenvalue weighted by molar-refractivity contribution is 14.1. The van der Waals surface area contributed by atoms with Gasteiger partial charge in [0.05, 0.1) is 29.8 Å². The minimum atomic E-state index is 0.361. The molecule has 3 heterocycles. The first kappa shape index (κ1) is 10.3. The SMILES string of the molecule is COc1c(I)ccn2c(C3COC3)nnc12. The Morgan fingerprint density at radius 2 is 2.31 bits per heavy atom. The fourth-order valence-corrected chi connectivity index (χ4v) is 2.40.